The fourth-order valence-corrected chi connectivity index (χ4v) is 3.77. The maximum absolute atomic E-state index is 11.4. The van der Waals surface area contributed by atoms with Crippen molar-refractivity contribution in [2.75, 3.05) is 20.1 Å². The van der Waals surface area contributed by atoms with Crippen LogP contribution in [-0.2, 0) is 4.79 Å². The van der Waals surface area contributed by atoms with E-state index in [-0.39, 0.29) is 0 Å². The number of hydrogen-bond acceptors (Lipinski definition) is 3. The van der Waals surface area contributed by atoms with Gasteiger partial charge in [0.05, 0.1) is 0 Å². The summed E-state index contributed by atoms with van der Waals surface area (Å²) in [6.07, 6.45) is 6.81. The van der Waals surface area contributed by atoms with Crippen molar-refractivity contribution < 1.29 is 4.79 Å². The van der Waals surface area contributed by atoms with Crippen molar-refractivity contribution >= 4 is 5.78 Å². The van der Waals surface area contributed by atoms with Gasteiger partial charge in [-0.25, -0.2) is 0 Å². The highest BCUT2D eigenvalue weighted by atomic mass is 16.1. The third-order valence-corrected chi connectivity index (χ3v) is 4.92. The first kappa shape index (κ1) is 10.7. The number of nitrogens with zero attached hydrogens (tertiary/aromatic N) is 2. The fraction of sp³-hybridized carbons (Fsp3) is 0.923. The average Bonchev–Trinajstić information content (AvgIpc) is 2.74. The van der Waals surface area contributed by atoms with Crippen LogP contribution in [0.4, 0.5) is 0 Å². The van der Waals surface area contributed by atoms with Crippen LogP contribution < -0.4 is 0 Å². The zero-order chi connectivity index (χ0) is 11.1. The lowest BCUT2D eigenvalue weighted by atomic mass is 10.1. The molecule has 2 bridgehead atoms. The normalized spacial score (nSPS) is 41.6. The fourth-order valence-electron chi connectivity index (χ4n) is 3.77. The van der Waals surface area contributed by atoms with Crippen molar-refractivity contribution in [1.82, 2.24) is 9.80 Å². The molecule has 3 rings (SSSR count). The minimum absolute atomic E-state index is 0.479. The summed E-state index contributed by atoms with van der Waals surface area (Å²) < 4.78 is 0. The van der Waals surface area contributed by atoms with Crippen LogP contribution in [0.5, 0.6) is 0 Å². The van der Waals surface area contributed by atoms with Crippen LogP contribution in [0.1, 0.15) is 38.5 Å². The lowest BCUT2D eigenvalue weighted by Crippen LogP contribution is -2.41. The number of carbonyl (C=O) groups is 1. The molecule has 2 aliphatic heterocycles. The van der Waals surface area contributed by atoms with Crippen LogP contribution in [0.2, 0.25) is 0 Å². The molecule has 0 aromatic carbocycles. The molecule has 3 aliphatic rings. The predicted molar refractivity (Wildman–Crippen MR) is 63.4 cm³/mol. The summed E-state index contributed by atoms with van der Waals surface area (Å²) in [5.74, 6) is 0.479. The Morgan fingerprint density at radius 2 is 1.88 bits per heavy atom. The Bertz CT molecular complexity index is 292. The predicted octanol–water partition coefficient (Wildman–Crippen LogP) is 1.28. The van der Waals surface area contributed by atoms with E-state index in [0.717, 1.165) is 31.3 Å². The van der Waals surface area contributed by atoms with Crippen molar-refractivity contribution in [3.05, 3.63) is 0 Å². The molecule has 0 aromatic rings. The molecule has 2 saturated heterocycles. The Balaban J connectivity index is 1.67. The lowest BCUT2D eigenvalue weighted by molar-refractivity contribution is -0.117. The molecule has 3 nitrogen and oxygen atoms in total. The molecule has 1 aliphatic carbocycles. The molecule has 90 valence electrons. The van der Waals surface area contributed by atoms with Gasteiger partial charge in [0.15, 0.2) is 0 Å². The Morgan fingerprint density at radius 1 is 1.06 bits per heavy atom. The van der Waals surface area contributed by atoms with Gasteiger partial charge in [-0.3, -0.25) is 14.6 Å². The Kier molecular flexibility index (Phi) is 2.76. The SMILES string of the molecule is CN1C2CCC1CN(C1CCC(=O)C1)CC2. The zero-order valence-electron chi connectivity index (χ0n) is 10.2. The molecule has 3 heteroatoms. The Labute approximate surface area is 97.8 Å². The van der Waals surface area contributed by atoms with Crippen LogP contribution in [0, 0.1) is 0 Å². The second-order valence-corrected chi connectivity index (χ2v) is 5.77. The number of ketones is 1. The van der Waals surface area contributed by atoms with Gasteiger partial charge in [0.25, 0.3) is 0 Å². The highest BCUT2D eigenvalue weighted by Crippen LogP contribution is 2.31. The number of fused-ring (bicyclic) bond motifs is 2. The van der Waals surface area contributed by atoms with Gasteiger partial charge < -0.3 is 0 Å². The van der Waals surface area contributed by atoms with E-state index in [1.54, 1.807) is 0 Å². The van der Waals surface area contributed by atoms with E-state index < -0.39 is 0 Å². The average molecular weight is 222 g/mol. The quantitative estimate of drug-likeness (QED) is 0.667. The molecule has 0 aromatic heterocycles. The standard InChI is InChI=1S/C13H22N2O/c1-14-10-2-3-12(14)9-15(7-6-10)11-4-5-13(16)8-11/h10-12H,2-9H2,1H3. The van der Waals surface area contributed by atoms with Gasteiger partial charge in [-0.1, -0.05) is 0 Å². The highest BCUT2D eigenvalue weighted by molar-refractivity contribution is 5.81. The van der Waals surface area contributed by atoms with E-state index in [2.05, 4.69) is 16.8 Å². The summed E-state index contributed by atoms with van der Waals surface area (Å²) in [7, 11) is 2.28. The van der Waals surface area contributed by atoms with E-state index in [0.29, 0.717) is 11.8 Å². The first-order valence-corrected chi connectivity index (χ1v) is 6.71. The van der Waals surface area contributed by atoms with Gasteiger partial charge in [-0.2, -0.15) is 0 Å². The molecule has 3 atom stereocenters. The minimum Gasteiger partial charge on any atom is -0.300 e. The van der Waals surface area contributed by atoms with E-state index in [9.17, 15) is 4.79 Å². The summed E-state index contributed by atoms with van der Waals surface area (Å²) in [5, 5.41) is 0. The van der Waals surface area contributed by atoms with Crippen LogP contribution in [0.3, 0.4) is 0 Å². The van der Waals surface area contributed by atoms with Crippen LogP contribution in [-0.4, -0.2) is 53.8 Å². The number of likely N-dealkylation sites (N-methyl/N-ethyl adjacent to an activating group) is 1. The first-order valence-electron chi connectivity index (χ1n) is 6.71. The lowest BCUT2D eigenvalue weighted by Gasteiger charge is -2.30. The molecule has 0 radical (unpaired) electrons. The van der Waals surface area contributed by atoms with Gasteiger partial charge in [0.2, 0.25) is 0 Å². The van der Waals surface area contributed by atoms with Crippen LogP contribution >= 0.6 is 0 Å². The highest BCUT2D eigenvalue weighted by Gasteiger charge is 2.37. The molecule has 3 fully saturated rings. The number of rotatable bonds is 1. The monoisotopic (exact) mass is 222 g/mol. The first-order chi connectivity index (χ1) is 7.74. The maximum Gasteiger partial charge on any atom is 0.134 e. The number of likely N-dealkylation sites (tertiary alicyclic amines) is 1. The van der Waals surface area contributed by atoms with Gasteiger partial charge >= 0.3 is 0 Å². The second kappa shape index (κ2) is 4.11. The van der Waals surface area contributed by atoms with E-state index in [1.807, 2.05) is 0 Å². The molecular formula is C13H22N2O. The van der Waals surface area contributed by atoms with Gasteiger partial charge in [-0.05, 0) is 39.3 Å². The Hall–Kier alpha value is -0.410. The van der Waals surface area contributed by atoms with Crippen molar-refractivity contribution in [2.45, 2.75) is 56.7 Å². The van der Waals surface area contributed by atoms with Crippen LogP contribution in [0.15, 0.2) is 0 Å². The van der Waals surface area contributed by atoms with Crippen molar-refractivity contribution in [3.63, 3.8) is 0 Å². The maximum atomic E-state index is 11.4. The Morgan fingerprint density at radius 3 is 2.62 bits per heavy atom. The van der Waals surface area contributed by atoms with E-state index >= 15 is 0 Å². The van der Waals surface area contributed by atoms with E-state index in [1.165, 1.54) is 32.4 Å². The zero-order valence-corrected chi connectivity index (χ0v) is 10.2. The molecular weight excluding hydrogens is 200 g/mol. The third kappa shape index (κ3) is 1.80. The summed E-state index contributed by atoms with van der Waals surface area (Å²) in [6, 6.07) is 2.13. The van der Waals surface area contributed by atoms with E-state index in [4.69, 9.17) is 0 Å². The molecule has 0 amide bonds. The van der Waals surface area contributed by atoms with Crippen molar-refractivity contribution in [1.29, 1.82) is 0 Å². The molecule has 3 unspecified atom stereocenters. The summed E-state index contributed by atoms with van der Waals surface area (Å²) in [5.41, 5.74) is 0. The second-order valence-electron chi connectivity index (χ2n) is 5.77. The number of carbonyl (C=O) groups excluding carboxylic acids is 1. The summed E-state index contributed by atoms with van der Waals surface area (Å²) in [4.78, 5) is 16.6. The van der Waals surface area contributed by atoms with Crippen LogP contribution in [0.25, 0.3) is 0 Å². The molecule has 16 heavy (non-hydrogen) atoms. The van der Waals surface area contributed by atoms with Crippen molar-refractivity contribution in [2.24, 2.45) is 0 Å². The molecule has 1 saturated carbocycles. The minimum atomic E-state index is 0.479. The molecule has 2 heterocycles. The molecule has 0 N–H and O–H groups in total. The van der Waals surface area contributed by atoms with Gasteiger partial charge in [-0.15, -0.1) is 0 Å². The summed E-state index contributed by atoms with van der Waals surface area (Å²) in [6.45, 7) is 2.41. The number of Topliss-reactive ketones (excluding diaryl/α,β-unsaturated/α-hetero) is 1. The molecule has 0 spiro atoms. The number of hydrogen-bond donors (Lipinski definition) is 0. The van der Waals surface area contributed by atoms with Crippen molar-refractivity contribution in [3.8, 4) is 0 Å². The smallest absolute Gasteiger partial charge is 0.134 e. The largest absolute Gasteiger partial charge is 0.300 e. The van der Waals surface area contributed by atoms with Gasteiger partial charge in [0, 0.05) is 37.5 Å². The topological polar surface area (TPSA) is 23.6 Å². The third-order valence-electron chi connectivity index (χ3n) is 4.92. The summed E-state index contributed by atoms with van der Waals surface area (Å²) >= 11 is 0. The van der Waals surface area contributed by atoms with Gasteiger partial charge in [0.1, 0.15) is 5.78 Å².